The van der Waals surface area contributed by atoms with E-state index in [0.717, 1.165) is 16.7 Å². The van der Waals surface area contributed by atoms with Crippen molar-refractivity contribution in [1.82, 2.24) is 4.98 Å². The van der Waals surface area contributed by atoms with Gasteiger partial charge < -0.3 is 4.42 Å². The molecule has 0 saturated carbocycles. The number of hydrogen-bond donors (Lipinski definition) is 1. The maximum atomic E-state index is 11.2. The number of fused-ring (bicyclic) bond motifs is 1. The molecule has 3 rings (SSSR count). The molecule has 0 radical (unpaired) electrons. The van der Waals surface area contributed by atoms with Crippen molar-refractivity contribution in [1.29, 1.82) is 0 Å². The van der Waals surface area contributed by atoms with Crippen LogP contribution in [0, 0.1) is 13.8 Å². The molecule has 0 fully saturated rings. The average Bonchev–Trinajstić information content (AvgIpc) is 2.77. The highest BCUT2D eigenvalue weighted by Gasteiger charge is 2.14. The molecule has 102 valence electrons. The molecule has 20 heavy (non-hydrogen) atoms. The Labute approximate surface area is 121 Å². The van der Waals surface area contributed by atoms with Crippen molar-refractivity contribution >= 4 is 22.7 Å². The summed E-state index contributed by atoms with van der Waals surface area (Å²) in [5.41, 5.74) is 5.55. The maximum absolute atomic E-state index is 11.2. The molecule has 3 aromatic rings. The lowest BCUT2D eigenvalue weighted by atomic mass is 9.98. The molecule has 0 aliphatic rings. The smallest absolute Gasteiger partial charge is 0.408 e. The fraction of sp³-hybridized carbons (Fsp3) is 0.188. The first-order chi connectivity index (χ1) is 9.54. The SMILES string of the molecule is Cc1ccc(C(Cl)c2ccc3[nH]c(=O)oc3c2)c(C)c1. The molecule has 0 saturated heterocycles. The van der Waals surface area contributed by atoms with E-state index >= 15 is 0 Å². The molecule has 1 heterocycles. The van der Waals surface area contributed by atoms with Crippen LogP contribution in [-0.4, -0.2) is 4.98 Å². The van der Waals surface area contributed by atoms with Gasteiger partial charge in [-0.1, -0.05) is 29.8 Å². The number of alkyl halides is 1. The van der Waals surface area contributed by atoms with E-state index in [4.69, 9.17) is 16.0 Å². The molecule has 2 aromatic carbocycles. The van der Waals surface area contributed by atoms with Crippen LogP contribution < -0.4 is 5.76 Å². The van der Waals surface area contributed by atoms with Crippen LogP contribution >= 0.6 is 11.6 Å². The summed E-state index contributed by atoms with van der Waals surface area (Å²) in [4.78, 5) is 13.8. The highest BCUT2D eigenvalue weighted by Crippen LogP contribution is 2.32. The number of aromatic nitrogens is 1. The average molecular weight is 288 g/mol. The zero-order valence-corrected chi connectivity index (χ0v) is 12.0. The number of oxazole rings is 1. The molecule has 1 unspecified atom stereocenters. The van der Waals surface area contributed by atoms with Crippen LogP contribution in [0.3, 0.4) is 0 Å². The van der Waals surface area contributed by atoms with Crippen LogP contribution in [-0.2, 0) is 0 Å². The normalized spacial score (nSPS) is 12.8. The predicted octanol–water partition coefficient (Wildman–Crippen LogP) is 4.07. The Bertz CT molecular complexity index is 832. The summed E-state index contributed by atoms with van der Waals surface area (Å²) >= 11 is 6.57. The number of aryl methyl sites for hydroxylation is 2. The highest BCUT2D eigenvalue weighted by atomic mass is 35.5. The van der Waals surface area contributed by atoms with Gasteiger partial charge >= 0.3 is 5.76 Å². The van der Waals surface area contributed by atoms with Gasteiger partial charge in [-0.05, 0) is 42.7 Å². The second-order valence-corrected chi connectivity index (χ2v) is 5.43. The van der Waals surface area contributed by atoms with Crippen molar-refractivity contribution in [3.63, 3.8) is 0 Å². The molecule has 0 bridgehead atoms. The lowest BCUT2D eigenvalue weighted by Crippen LogP contribution is -1.96. The van der Waals surface area contributed by atoms with Gasteiger partial charge in [0.15, 0.2) is 5.58 Å². The summed E-state index contributed by atoms with van der Waals surface area (Å²) in [5.74, 6) is -0.449. The molecule has 4 heteroatoms. The lowest BCUT2D eigenvalue weighted by Gasteiger charge is -2.13. The van der Waals surface area contributed by atoms with Crippen LogP contribution in [0.5, 0.6) is 0 Å². The Balaban J connectivity index is 2.06. The van der Waals surface area contributed by atoms with Gasteiger partial charge in [-0.2, -0.15) is 0 Å². The van der Waals surface area contributed by atoms with Crippen molar-refractivity contribution < 1.29 is 4.42 Å². The third kappa shape index (κ3) is 2.25. The fourth-order valence-electron chi connectivity index (χ4n) is 2.41. The lowest BCUT2D eigenvalue weighted by molar-refractivity contribution is 0.555. The van der Waals surface area contributed by atoms with Gasteiger partial charge in [-0.3, -0.25) is 4.98 Å². The highest BCUT2D eigenvalue weighted by molar-refractivity contribution is 6.22. The zero-order chi connectivity index (χ0) is 14.3. The Hall–Kier alpha value is -2.00. The Morgan fingerprint density at radius 3 is 2.70 bits per heavy atom. The first kappa shape index (κ1) is 13.0. The zero-order valence-electron chi connectivity index (χ0n) is 11.2. The molecular formula is C16H14ClNO2. The van der Waals surface area contributed by atoms with E-state index in [1.807, 2.05) is 37.3 Å². The number of H-pyrrole nitrogens is 1. The molecule has 3 nitrogen and oxygen atoms in total. The Morgan fingerprint density at radius 1 is 1.15 bits per heavy atom. The van der Waals surface area contributed by atoms with Gasteiger partial charge in [-0.25, -0.2) is 4.79 Å². The number of benzene rings is 2. The molecule has 1 N–H and O–H groups in total. The first-order valence-electron chi connectivity index (χ1n) is 6.38. The summed E-state index contributed by atoms with van der Waals surface area (Å²) in [6.45, 7) is 4.10. The van der Waals surface area contributed by atoms with Gasteiger partial charge in [0.25, 0.3) is 0 Å². The fourth-order valence-corrected chi connectivity index (χ4v) is 2.79. The van der Waals surface area contributed by atoms with Gasteiger partial charge in [0, 0.05) is 0 Å². The molecular weight excluding hydrogens is 274 g/mol. The number of halogens is 1. The minimum absolute atomic E-state index is 0.264. The third-order valence-electron chi connectivity index (χ3n) is 3.44. The standard InChI is InChI=1S/C16H14ClNO2/c1-9-3-5-12(10(2)7-9)15(17)11-4-6-13-14(8-11)20-16(19)18-13/h3-8,15H,1-2H3,(H,18,19). The van der Waals surface area contributed by atoms with Crippen molar-refractivity contribution in [2.75, 3.05) is 0 Å². The van der Waals surface area contributed by atoms with Crippen molar-refractivity contribution in [2.24, 2.45) is 0 Å². The second kappa shape index (κ2) is 4.84. The molecule has 0 aliphatic heterocycles. The molecule has 0 spiro atoms. The van der Waals surface area contributed by atoms with Crippen LogP contribution in [0.1, 0.15) is 27.6 Å². The summed E-state index contributed by atoms with van der Waals surface area (Å²) < 4.78 is 5.07. The number of aromatic amines is 1. The number of hydrogen-bond acceptors (Lipinski definition) is 2. The van der Waals surface area contributed by atoms with Crippen LogP contribution in [0.25, 0.3) is 11.1 Å². The van der Waals surface area contributed by atoms with E-state index in [0.29, 0.717) is 11.1 Å². The monoisotopic (exact) mass is 287 g/mol. The van der Waals surface area contributed by atoms with E-state index in [1.165, 1.54) is 5.56 Å². The number of nitrogens with one attached hydrogen (secondary N) is 1. The first-order valence-corrected chi connectivity index (χ1v) is 6.82. The maximum Gasteiger partial charge on any atom is 0.417 e. The van der Waals surface area contributed by atoms with Crippen LogP contribution in [0.15, 0.2) is 45.6 Å². The van der Waals surface area contributed by atoms with E-state index in [9.17, 15) is 4.79 Å². The van der Waals surface area contributed by atoms with Gasteiger partial charge in [0.2, 0.25) is 0 Å². The third-order valence-corrected chi connectivity index (χ3v) is 3.92. The minimum atomic E-state index is -0.449. The molecule has 0 aliphatic carbocycles. The van der Waals surface area contributed by atoms with E-state index in [2.05, 4.69) is 18.0 Å². The molecule has 1 atom stereocenters. The minimum Gasteiger partial charge on any atom is -0.408 e. The van der Waals surface area contributed by atoms with Gasteiger partial charge in [0.05, 0.1) is 10.9 Å². The quantitative estimate of drug-likeness (QED) is 0.722. The van der Waals surface area contributed by atoms with Crippen molar-refractivity contribution in [3.8, 4) is 0 Å². The molecule has 1 aromatic heterocycles. The predicted molar refractivity (Wildman–Crippen MR) is 80.4 cm³/mol. The Morgan fingerprint density at radius 2 is 1.95 bits per heavy atom. The number of rotatable bonds is 2. The van der Waals surface area contributed by atoms with E-state index in [1.54, 1.807) is 0 Å². The summed E-state index contributed by atoms with van der Waals surface area (Å²) in [6.07, 6.45) is 0. The van der Waals surface area contributed by atoms with Gasteiger partial charge in [0.1, 0.15) is 0 Å². The van der Waals surface area contributed by atoms with E-state index in [-0.39, 0.29) is 5.38 Å². The van der Waals surface area contributed by atoms with Crippen LogP contribution in [0.4, 0.5) is 0 Å². The second-order valence-electron chi connectivity index (χ2n) is 4.99. The molecule has 0 amide bonds. The topological polar surface area (TPSA) is 46.0 Å². The summed E-state index contributed by atoms with van der Waals surface area (Å²) in [6, 6.07) is 11.7. The Kier molecular flexibility index (Phi) is 3.14. The summed E-state index contributed by atoms with van der Waals surface area (Å²) in [5, 5.41) is -0.264. The van der Waals surface area contributed by atoms with Crippen molar-refractivity contribution in [3.05, 3.63) is 69.2 Å². The summed E-state index contributed by atoms with van der Waals surface area (Å²) in [7, 11) is 0. The van der Waals surface area contributed by atoms with Gasteiger partial charge in [-0.15, -0.1) is 11.6 Å². The van der Waals surface area contributed by atoms with E-state index < -0.39 is 5.76 Å². The van der Waals surface area contributed by atoms with Crippen molar-refractivity contribution in [2.45, 2.75) is 19.2 Å². The largest absolute Gasteiger partial charge is 0.417 e. The van der Waals surface area contributed by atoms with Crippen LogP contribution in [0.2, 0.25) is 0 Å².